The third-order valence-corrected chi connectivity index (χ3v) is 4.39. The zero-order valence-electron chi connectivity index (χ0n) is 16.5. The van der Waals surface area contributed by atoms with Crippen molar-refractivity contribution in [3.63, 3.8) is 0 Å². The first-order valence-electron chi connectivity index (χ1n) is 10.2. The number of carbonyl (C=O) groups excluding carboxylic acids is 2. The molecule has 5 heteroatoms. The van der Waals surface area contributed by atoms with Crippen molar-refractivity contribution in [3.8, 4) is 0 Å². The second-order valence-electron chi connectivity index (χ2n) is 6.77. The predicted octanol–water partition coefficient (Wildman–Crippen LogP) is 4.48. The van der Waals surface area contributed by atoms with Gasteiger partial charge in [-0.25, -0.2) is 0 Å². The van der Waals surface area contributed by atoms with Gasteiger partial charge in [0.2, 0.25) is 0 Å². The molecule has 0 aliphatic heterocycles. The number of aromatic nitrogens is 1. The van der Waals surface area contributed by atoms with Crippen molar-refractivity contribution < 1.29 is 9.59 Å². The fourth-order valence-corrected chi connectivity index (χ4v) is 2.72. The Labute approximate surface area is 158 Å². The summed E-state index contributed by atoms with van der Waals surface area (Å²) in [4.78, 5) is 28.2. The van der Waals surface area contributed by atoms with Crippen LogP contribution in [0.3, 0.4) is 0 Å². The molecule has 0 bridgehead atoms. The Morgan fingerprint density at radius 3 is 1.81 bits per heavy atom. The first kappa shape index (κ1) is 22.1. The summed E-state index contributed by atoms with van der Waals surface area (Å²) in [5.74, 6) is -0.306. The highest BCUT2D eigenvalue weighted by atomic mass is 16.2. The SMILES string of the molecule is CCCCCCCNC(=O)c1ccc(C(=O)NCCCCCCC)nc1. The van der Waals surface area contributed by atoms with Crippen LogP contribution in [0.5, 0.6) is 0 Å². The van der Waals surface area contributed by atoms with E-state index in [1.165, 1.54) is 44.7 Å². The van der Waals surface area contributed by atoms with Crippen molar-refractivity contribution in [2.45, 2.75) is 78.1 Å². The molecular weight excluding hydrogens is 326 g/mol. The standard InChI is InChI=1S/C21H35N3O2/c1-3-5-7-9-11-15-22-20(25)18-13-14-19(24-17-18)21(26)23-16-12-10-8-6-4-2/h13-14,17H,3-12,15-16H2,1-2H3,(H,22,25)(H,23,26). The highest BCUT2D eigenvalue weighted by molar-refractivity contribution is 5.96. The Bertz CT molecular complexity index is 467. The van der Waals surface area contributed by atoms with Gasteiger partial charge in [-0.1, -0.05) is 65.2 Å². The van der Waals surface area contributed by atoms with E-state index in [2.05, 4.69) is 29.5 Å². The summed E-state index contributed by atoms with van der Waals surface area (Å²) in [5, 5.41) is 5.78. The van der Waals surface area contributed by atoms with Crippen molar-refractivity contribution in [2.24, 2.45) is 0 Å². The van der Waals surface area contributed by atoms with Crippen LogP contribution in [0.15, 0.2) is 18.3 Å². The van der Waals surface area contributed by atoms with Gasteiger partial charge in [0.15, 0.2) is 0 Å². The molecular formula is C21H35N3O2. The first-order valence-corrected chi connectivity index (χ1v) is 10.2. The van der Waals surface area contributed by atoms with Crippen LogP contribution in [0.25, 0.3) is 0 Å². The summed E-state index contributed by atoms with van der Waals surface area (Å²) in [7, 11) is 0. The lowest BCUT2D eigenvalue weighted by Gasteiger charge is -2.07. The van der Waals surface area contributed by atoms with Crippen LogP contribution in [0, 0.1) is 0 Å². The zero-order valence-corrected chi connectivity index (χ0v) is 16.5. The van der Waals surface area contributed by atoms with Gasteiger partial charge in [-0.05, 0) is 25.0 Å². The molecule has 0 aliphatic carbocycles. The van der Waals surface area contributed by atoms with Crippen molar-refractivity contribution >= 4 is 11.8 Å². The lowest BCUT2D eigenvalue weighted by Crippen LogP contribution is -2.27. The minimum Gasteiger partial charge on any atom is -0.352 e. The fourth-order valence-electron chi connectivity index (χ4n) is 2.72. The second-order valence-corrected chi connectivity index (χ2v) is 6.77. The minimum absolute atomic E-state index is 0.129. The Kier molecular flexibility index (Phi) is 12.2. The van der Waals surface area contributed by atoms with E-state index in [1.807, 2.05) is 0 Å². The van der Waals surface area contributed by atoms with Gasteiger partial charge in [-0.15, -0.1) is 0 Å². The molecule has 0 spiro atoms. The maximum Gasteiger partial charge on any atom is 0.269 e. The number of hydrogen-bond donors (Lipinski definition) is 2. The summed E-state index contributed by atoms with van der Waals surface area (Å²) in [6.07, 6.45) is 13.1. The van der Waals surface area contributed by atoms with Crippen molar-refractivity contribution in [2.75, 3.05) is 13.1 Å². The molecule has 0 atom stereocenters. The second kappa shape index (κ2) is 14.3. The van der Waals surface area contributed by atoms with Crippen molar-refractivity contribution in [1.29, 1.82) is 0 Å². The summed E-state index contributed by atoms with van der Waals surface area (Å²) in [6, 6.07) is 3.28. The monoisotopic (exact) mass is 361 g/mol. The Morgan fingerprint density at radius 2 is 1.31 bits per heavy atom. The summed E-state index contributed by atoms with van der Waals surface area (Å²) in [6.45, 7) is 5.73. The van der Waals surface area contributed by atoms with Gasteiger partial charge < -0.3 is 10.6 Å². The van der Waals surface area contributed by atoms with E-state index >= 15 is 0 Å². The van der Waals surface area contributed by atoms with E-state index in [0.717, 1.165) is 25.7 Å². The number of carbonyl (C=O) groups is 2. The van der Waals surface area contributed by atoms with Crippen LogP contribution >= 0.6 is 0 Å². The molecule has 1 aromatic rings. The van der Waals surface area contributed by atoms with Gasteiger partial charge in [0.1, 0.15) is 5.69 Å². The molecule has 0 aliphatic rings. The average molecular weight is 362 g/mol. The molecule has 0 saturated heterocycles. The third kappa shape index (κ3) is 9.54. The van der Waals surface area contributed by atoms with Gasteiger partial charge in [-0.3, -0.25) is 14.6 Å². The summed E-state index contributed by atoms with van der Waals surface area (Å²) < 4.78 is 0. The molecule has 0 radical (unpaired) electrons. The molecule has 0 aromatic carbocycles. The maximum absolute atomic E-state index is 12.1. The average Bonchev–Trinajstić information content (AvgIpc) is 2.67. The number of amides is 2. The molecule has 26 heavy (non-hydrogen) atoms. The molecule has 0 saturated carbocycles. The molecule has 146 valence electrons. The van der Waals surface area contributed by atoms with Gasteiger partial charge >= 0.3 is 0 Å². The van der Waals surface area contributed by atoms with Crippen LogP contribution in [0.1, 0.15) is 98.9 Å². The van der Waals surface area contributed by atoms with Gasteiger partial charge in [0.05, 0.1) is 5.56 Å². The van der Waals surface area contributed by atoms with Crippen LogP contribution in [0.2, 0.25) is 0 Å². The lowest BCUT2D eigenvalue weighted by molar-refractivity contribution is 0.0937. The van der Waals surface area contributed by atoms with E-state index in [-0.39, 0.29) is 11.8 Å². The minimum atomic E-state index is -0.177. The smallest absolute Gasteiger partial charge is 0.269 e. The zero-order chi connectivity index (χ0) is 19.0. The number of nitrogens with zero attached hydrogens (tertiary/aromatic N) is 1. The van der Waals surface area contributed by atoms with Crippen molar-refractivity contribution in [3.05, 3.63) is 29.6 Å². The molecule has 5 nitrogen and oxygen atoms in total. The maximum atomic E-state index is 12.1. The summed E-state index contributed by atoms with van der Waals surface area (Å²) in [5.41, 5.74) is 0.851. The largest absolute Gasteiger partial charge is 0.352 e. The molecule has 2 N–H and O–H groups in total. The predicted molar refractivity (Wildman–Crippen MR) is 106 cm³/mol. The van der Waals surface area contributed by atoms with E-state index in [0.29, 0.717) is 24.3 Å². The highest BCUT2D eigenvalue weighted by Gasteiger charge is 2.09. The normalized spacial score (nSPS) is 10.5. The van der Waals surface area contributed by atoms with Gasteiger partial charge in [-0.2, -0.15) is 0 Å². The van der Waals surface area contributed by atoms with E-state index in [1.54, 1.807) is 12.1 Å². The topological polar surface area (TPSA) is 71.1 Å². The molecule has 2 amide bonds. The number of hydrogen-bond acceptors (Lipinski definition) is 3. The van der Waals surface area contributed by atoms with Gasteiger partial charge in [0, 0.05) is 19.3 Å². The molecule has 1 rings (SSSR count). The summed E-state index contributed by atoms with van der Waals surface area (Å²) >= 11 is 0. The molecule has 0 unspecified atom stereocenters. The van der Waals surface area contributed by atoms with E-state index < -0.39 is 0 Å². The van der Waals surface area contributed by atoms with Gasteiger partial charge in [0.25, 0.3) is 11.8 Å². The van der Waals surface area contributed by atoms with Crippen molar-refractivity contribution in [1.82, 2.24) is 15.6 Å². The molecule has 0 fully saturated rings. The lowest BCUT2D eigenvalue weighted by atomic mass is 10.1. The van der Waals surface area contributed by atoms with Crippen LogP contribution < -0.4 is 10.6 Å². The molecule has 1 heterocycles. The highest BCUT2D eigenvalue weighted by Crippen LogP contribution is 2.04. The molecule has 1 aromatic heterocycles. The third-order valence-electron chi connectivity index (χ3n) is 4.39. The Balaban J connectivity index is 2.26. The number of nitrogens with one attached hydrogen (secondary N) is 2. The number of rotatable bonds is 14. The fraction of sp³-hybridized carbons (Fsp3) is 0.667. The first-order chi connectivity index (χ1) is 12.7. The van der Waals surface area contributed by atoms with E-state index in [9.17, 15) is 9.59 Å². The Morgan fingerprint density at radius 1 is 0.769 bits per heavy atom. The van der Waals surface area contributed by atoms with Crippen LogP contribution in [0.4, 0.5) is 0 Å². The Hall–Kier alpha value is -1.91. The van der Waals surface area contributed by atoms with Crippen LogP contribution in [-0.4, -0.2) is 29.9 Å². The quantitative estimate of drug-likeness (QED) is 0.480. The van der Waals surface area contributed by atoms with Crippen LogP contribution in [-0.2, 0) is 0 Å². The number of pyridine rings is 1. The van der Waals surface area contributed by atoms with E-state index in [4.69, 9.17) is 0 Å². The number of unbranched alkanes of at least 4 members (excludes halogenated alkanes) is 8.